The Hall–Kier alpha value is -3.48. The van der Waals surface area contributed by atoms with Crippen LogP contribution in [0.2, 0.25) is 0 Å². The molecular weight excluding hydrogens is 386 g/mol. The number of rotatable bonds is 9. The minimum Gasteiger partial charge on any atom is -0.467 e. The Morgan fingerprint density at radius 2 is 1.50 bits per heavy atom. The number of benzene rings is 2. The van der Waals surface area contributed by atoms with Crippen LogP contribution >= 0.6 is 0 Å². The Labute approximate surface area is 175 Å². The zero-order valence-electron chi connectivity index (χ0n) is 17.2. The first-order valence-electron chi connectivity index (χ1n) is 9.56. The van der Waals surface area contributed by atoms with Crippen molar-refractivity contribution in [3.8, 4) is 0 Å². The minimum absolute atomic E-state index is 0.0610. The number of carbonyl (C=O) groups is 4. The Bertz CT molecular complexity index is 907. The number of ketones is 1. The molecule has 0 fully saturated rings. The molecule has 0 aliphatic heterocycles. The fourth-order valence-electron chi connectivity index (χ4n) is 2.88. The fraction of sp³-hybridized carbons (Fsp3) is 0.304. The van der Waals surface area contributed by atoms with Crippen molar-refractivity contribution in [1.29, 1.82) is 0 Å². The Morgan fingerprint density at radius 3 is 2.10 bits per heavy atom. The molecule has 2 aromatic carbocycles. The Balaban J connectivity index is 2.05. The number of carbonyl (C=O) groups excluding carboxylic acids is 4. The third-order valence-corrected chi connectivity index (χ3v) is 4.29. The average molecular weight is 411 g/mol. The maximum atomic E-state index is 12.7. The molecule has 2 rings (SSSR count). The molecule has 0 unspecified atom stereocenters. The second-order valence-electron chi connectivity index (χ2n) is 7.09. The van der Waals surface area contributed by atoms with E-state index in [2.05, 4.69) is 5.32 Å². The van der Waals surface area contributed by atoms with Crippen molar-refractivity contribution >= 4 is 23.6 Å². The van der Waals surface area contributed by atoms with Crippen LogP contribution < -0.4 is 5.32 Å². The van der Waals surface area contributed by atoms with E-state index in [1.54, 1.807) is 42.5 Å². The second kappa shape index (κ2) is 10.9. The zero-order valence-corrected chi connectivity index (χ0v) is 17.2. The molecule has 0 heterocycles. The van der Waals surface area contributed by atoms with Gasteiger partial charge in [-0.2, -0.15) is 0 Å². The number of hydrogen-bond donors (Lipinski definition) is 1. The summed E-state index contributed by atoms with van der Waals surface area (Å²) in [6.45, 7) is 3.23. The fourth-order valence-corrected chi connectivity index (χ4v) is 2.88. The Kier molecular flexibility index (Phi) is 8.29. The smallest absolute Gasteiger partial charge is 0.339 e. The molecule has 0 aromatic heterocycles. The molecular formula is C23H25NO6. The van der Waals surface area contributed by atoms with E-state index in [4.69, 9.17) is 9.47 Å². The lowest BCUT2D eigenvalue weighted by molar-refractivity contribution is -0.145. The summed E-state index contributed by atoms with van der Waals surface area (Å²) >= 11 is 0. The van der Waals surface area contributed by atoms with E-state index in [0.29, 0.717) is 12.0 Å². The van der Waals surface area contributed by atoms with Crippen LogP contribution in [0.15, 0.2) is 54.6 Å². The highest BCUT2D eigenvalue weighted by molar-refractivity contribution is 6.14. The molecule has 7 nitrogen and oxygen atoms in total. The van der Waals surface area contributed by atoms with Gasteiger partial charge in [-0.15, -0.1) is 0 Å². The SMILES string of the molecule is COC(=O)[C@H](CC(C)C)NC(=O)COC(=O)c1ccccc1C(=O)c1ccccc1. The topological polar surface area (TPSA) is 98.8 Å². The van der Waals surface area contributed by atoms with E-state index in [9.17, 15) is 19.2 Å². The van der Waals surface area contributed by atoms with Gasteiger partial charge in [-0.25, -0.2) is 9.59 Å². The number of nitrogens with one attached hydrogen (secondary N) is 1. The number of esters is 2. The lowest BCUT2D eigenvalue weighted by Crippen LogP contribution is -2.44. The predicted octanol–water partition coefficient (Wildman–Crippen LogP) is 2.78. The molecule has 0 saturated heterocycles. The summed E-state index contributed by atoms with van der Waals surface area (Å²) in [4.78, 5) is 49.2. The van der Waals surface area contributed by atoms with E-state index >= 15 is 0 Å². The molecule has 1 amide bonds. The average Bonchev–Trinajstić information content (AvgIpc) is 2.76. The van der Waals surface area contributed by atoms with Gasteiger partial charge < -0.3 is 14.8 Å². The van der Waals surface area contributed by atoms with E-state index in [0.717, 1.165) is 0 Å². The van der Waals surface area contributed by atoms with Crippen molar-refractivity contribution in [3.05, 3.63) is 71.3 Å². The first kappa shape index (κ1) is 22.8. The van der Waals surface area contributed by atoms with E-state index < -0.39 is 30.5 Å². The maximum Gasteiger partial charge on any atom is 0.339 e. The van der Waals surface area contributed by atoms with Gasteiger partial charge in [-0.05, 0) is 18.4 Å². The molecule has 0 aliphatic rings. The predicted molar refractivity (Wildman–Crippen MR) is 110 cm³/mol. The summed E-state index contributed by atoms with van der Waals surface area (Å²) in [6, 6.07) is 14.0. The lowest BCUT2D eigenvalue weighted by Gasteiger charge is -2.18. The molecule has 0 bridgehead atoms. The molecule has 0 radical (unpaired) electrons. The van der Waals surface area contributed by atoms with Crippen LogP contribution in [0.4, 0.5) is 0 Å². The summed E-state index contributed by atoms with van der Waals surface area (Å²) in [5, 5.41) is 2.51. The van der Waals surface area contributed by atoms with Crippen molar-refractivity contribution < 1.29 is 28.7 Å². The summed E-state index contributed by atoms with van der Waals surface area (Å²) in [6.07, 6.45) is 0.390. The van der Waals surface area contributed by atoms with Gasteiger partial charge in [0.1, 0.15) is 6.04 Å². The van der Waals surface area contributed by atoms with Crippen LogP contribution in [-0.4, -0.2) is 43.4 Å². The van der Waals surface area contributed by atoms with Gasteiger partial charge in [0.2, 0.25) is 0 Å². The summed E-state index contributed by atoms with van der Waals surface area (Å²) in [5.41, 5.74) is 0.678. The number of ether oxygens (including phenoxy) is 2. The highest BCUT2D eigenvalue weighted by Gasteiger charge is 2.24. The van der Waals surface area contributed by atoms with Crippen molar-refractivity contribution in [2.45, 2.75) is 26.3 Å². The first-order valence-corrected chi connectivity index (χ1v) is 9.56. The molecule has 7 heteroatoms. The summed E-state index contributed by atoms with van der Waals surface area (Å²) in [7, 11) is 1.24. The number of hydrogen-bond acceptors (Lipinski definition) is 6. The van der Waals surface area contributed by atoms with Crippen LogP contribution in [-0.2, 0) is 19.1 Å². The van der Waals surface area contributed by atoms with Gasteiger partial charge >= 0.3 is 11.9 Å². The van der Waals surface area contributed by atoms with Crippen molar-refractivity contribution in [2.75, 3.05) is 13.7 Å². The Morgan fingerprint density at radius 1 is 0.900 bits per heavy atom. The molecule has 1 atom stereocenters. The van der Waals surface area contributed by atoms with Crippen LogP contribution in [0.3, 0.4) is 0 Å². The zero-order chi connectivity index (χ0) is 22.1. The largest absolute Gasteiger partial charge is 0.467 e. The van der Waals surface area contributed by atoms with E-state index in [1.807, 2.05) is 13.8 Å². The van der Waals surface area contributed by atoms with Crippen molar-refractivity contribution in [3.63, 3.8) is 0 Å². The van der Waals surface area contributed by atoms with E-state index in [-0.39, 0.29) is 22.8 Å². The highest BCUT2D eigenvalue weighted by Crippen LogP contribution is 2.16. The molecule has 30 heavy (non-hydrogen) atoms. The molecule has 0 aliphatic carbocycles. The number of methoxy groups -OCH3 is 1. The van der Waals surface area contributed by atoms with Gasteiger partial charge in [0, 0.05) is 11.1 Å². The third-order valence-electron chi connectivity index (χ3n) is 4.29. The van der Waals surface area contributed by atoms with Crippen LogP contribution in [0.1, 0.15) is 46.5 Å². The van der Waals surface area contributed by atoms with Crippen LogP contribution in [0.25, 0.3) is 0 Å². The molecule has 2 aromatic rings. The standard InChI is InChI=1S/C23H25NO6/c1-15(2)13-19(23(28)29-3)24-20(25)14-30-22(27)18-12-8-7-11-17(18)21(26)16-9-5-4-6-10-16/h4-12,15,19H,13-14H2,1-3H3,(H,24,25)/t19-/m0/s1. The monoisotopic (exact) mass is 411 g/mol. The minimum atomic E-state index is -0.826. The highest BCUT2D eigenvalue weighted by atomic mass is 16.5. The van der Waals surface area contributed by atoms with Crippen LogP contribution in [0, 0.1) is 5.92 Å². The molecule has 158 valence electrons. The van der Waals surface area contributed by atoms with Crippen LogP contribution in [0.5, 0.6) is 0 Å². The van der Waals surface area contributed by atoms with Gasteiger partial charge in [0.05, 0.1) is 12.7 Å². The van der Waals surface area contributed by atoms with Crippen molar-refractivity contribution in [1.82, 2.24) is 5.32 Å². The third kappa shape index (κ3) is 6.27. The molecule has 0 spiro atoms. The lowest BCUT2D eigenvalue weighted by atomic mass is 9.98. The second-order valence-corrected chi connectivity index (χ2v) is 7.09. The van der Waals surface area contributed by atoms with E-state index in [1.165, 1.54) is 19.2 Å². The maximum absolute atomic E-state index is 12.7. The number of amides is 1. The van der Waals surface area contributed by atoms with Gasteiger partial charge in [-0.1, -0.05) is 62.4 Å². The van der Waals surface area contributed by atoms with Gasteiger partial charge in [0.25, 0.3) is 5.91 Å². The molecule has 1 N–H and O–H groups in total. The normalized spacial score (nSPS) is 11.5. The first-order chi connectivity index (χ1) is 14.3. The summed E-state index contributed by atoms with van der Waals surface area (Å²) < 4.78 is 9.77. The quantitative estimate of drug-likeness (QED) is 0.503. The van der Waals surface area contributed by atoms with Gasteiger partial charge in [-0.3, -0.25) is 9.59 Å². The summed E-state index contributed by atoms with van der Waals surface area (Å²) in [5.74, 6) is -2.18. The van der Waals surface area contributed by atoms with Crippen molar-refractivity contribution in [2.24, 2.45) is 5.92 Å². The van der Waals surface area contributed by atoms with Gasteiger partial charge in [0.15, 0.2) is 12.4 Å². The molecule has 0 saturated carbocycles.